The quantitative estimate of drug-likeness (QED) is 0.611. The molecule has 0 radical (unpaired) electrons. The molecule has 0 fully saturated rings. The fraction of sp³-hybridized carbons (Fsp3) is 0.118. The van der Waals surface area contributed by atoms with E-state index in [0.29, 0.717) is 0 Å². The number of fused-ring (bicyclic) bond motifs is 1. The topological polar surface area (TPSA) is 55.6 Å². The number of anilines is 1. The Balaban J connectivity index is 1.56. The molecule has 4 rings (SSSR count). The van der Waals surface area contributed by atoms with Crippen molar-refractivity contribution in [3.63, 3.8) is 0 Å². The molecule has 23 heavy (non-hydrogen) atoms. The number of aromatic nitrogens is 4. The van der Waals surface area contributed by atoms with Gasteiger partial charge in [0, 0.05) is 18.9 Å². The molecule has 1 N–H and O–H groups in total. The SMILES string of the molecule is c1ccc(Cn2cccn2)c(CNc2ncnc3ccsc23)c1. The molecule has 0 unspecified atom stereocenters. The minimum absolute atomic E-state index is 0.724. The van der Waals surface area contributed by atoms with E-state index in [9.17, 15) is 0 Å². The molecule has 6 heteroatoms. The van der Waals surface area contributed by atoms with Crippen LogP contribution in [0.2, 0.25) is 0 Å². The van der Waals surface area contributed by atoms with E-state index < -0.39 is 0 Å². The molecular weight excluding hydrogens is 306 g/mol. The van der Waals surface area contributed by atoms with Crippen LogP contribution in [0, 0.1) is 0 Å². The van der Waals surface area contributed by atoms with Gasteiger partial charge in [-0.25, -0.2) is 9.97 Å². The molecule has 0 aliphatic rings. The predicted octanol–water partition coefficient (Wildman–Crippen LogP) is 3.55. The monoisotopic (exact) mass is 321 g/mol. The van der Waals surface area contributed by atoms with E-state index in [1.54, 1.807) is 23.9 Å². The van der Waals surface area contributed by atoms with Crippen molar-refractivity contribution in [2.24, 2.45) is 0 Å². The molecule has 0 aliphatic carbocycles. The van der Waals surface area contributed by atoms with Crippen LogP contribution in [-0.2, 0) is 13.1 Å². The van der Waals surface area contributed by atoms with Gasteiger partial charge in [-0.05, 0) is 28.6 Å². The maximum Gasteiger partial charge on any atom is 0.147 e. The zero-order chi connectivity index (χ0) is 15.5. The summed E-state index contributed by atoms with van der Waals surface area (Å²) >= 11 is 1.66. The van der Waals surface area contributed by atoms with Gasteiger partial charge in [0.1, 0.15) is 12.1 Å². The molecule has 0 atom stereocenters. The van der Waals surface area contributed by atoms with Crippen molar-refractivity contribution >= 4 is 27.4 Å². The first-order valence-corrected chi connectivity index (χ1v) is 8.24. The Morgan fingerprint density at radius 3 is 2.83 bits per heavy atom. The summed E-state index contributed by atoms with van der Waals surface area (Å²) in [6, 6.07) is 12.3. The molecule has 0 saturated carbocycles. The Kier molecular flexibility index (Phi) is 3.73. The molecular formula is C17H15N5S. The van der Waals surface area contributed by atoms with E-state index in [1.165, 1.54) is 11.1 Å². The van der Waals surface area contributed by atoms with E-state index >= 15 is 0 Å². The van der Waals surface area contributed by atoms with E-state index in [2.05, 4.69) is 44.6 Å². The highest BCUT2D eigenvalue weighted by molar-refractivity contribution is 7.17. The number of hydrogen-bond acceptors (Lipinski definition) is 5. The molecule has 3 heterocycles. The predicted molar refractivity (Wildman–Crippen MR) is 92.5 cm³/mol. The molecule has 4 aromatic rings. The summed E-state index contributed by atoms with van der Waals surface area (Å²) < 4.78 is 3.03. The van der Waals surface area contributed by atoms with E-state index in [1.807, 2.05) is 28.4 Å². The Labute approximate surface area is 137 Å². The summed E-state index contributed by atoms with van der Waals surface area (Å²) in [6.07, 6.45) is 5.38. The Bertz CT molecular complexity index is 914. The fourth-order valence-electron chi connectivity index (χ4n) is 2.55. The van der Waals surface area contributed by atoms with Crippen LogP contribution in [0.1, 0.15) is 11.1 Å². The zero-order valence-corrected chi connectivity index (χ0v) is 13.2. The average molecular weight is 321 g/mol. The maximum absolute atomic E-state index is 4.37. The molecule has 0 amide bonds. The second-order valence-corrected chi connectivity index (χ2v) is 6.10. The van der Waals surface area contributed by atoms with Crippen LogP contribution in [0.15, 0.2) is 60.5 Å². The Hall–Kier alpha value is -2.73. The average Bonchev–Trinajstić information content (AvgIpc) is 3.25. The van der Waals surface area contributed by atoms with Gasteiger partial charge in [-0.15, -0.1) is 11.3 Å². The van der Waals surface area contributed by atoms with Crippen molar-refractivity contribution in [1.82, 2.24) is 19.7 Å². The van der Waals surface area contributed by atoms with Crippen LogP contribution in [0.5, 0.6) is 0 Å². The summed E-state index contributed by atoms with van der Waals surface area (Å²) in [4.78, 5) is 8.64. The van der Waals surface area contributed by atoms with Gasteiger partial charge in [-0.1, -0.05) is 24.3 Å². The van der Waals surface area contributed by atoms with Gasteiger partial charge >= 0.3 is 0 Å². The smallest absolute Gasteiger partial charge is 0.147 e. The lowest BCUT2D eigenvalue weighted by Gasteiger charge is -2.11. The molecule has 5 nitrogen and oxygen atoms in total. The number of hydrogen-bond donors (Lipinski definition) is 1. The van der Waals surface area contributed by atoms with E-state index in [4.69, 9.17) is 0 Å². The third kappa shape index (κ3) is 2.93. The minimum atomic E-state index is 0.724. The van der Waals surface area contributed by atoms with Gasteiger partial charge in [-0.2, -0.15) is 5.10 Å². The summed E-state index contributed by atoms with van der Waals surface area (Å²) in [5.41, 5.74) is 3.48. The Morgan fingerprint density at radius 1 is 1.04 bits per heavy atom. The van der Waals surface area contributed by atoms with Crippen LogP contribution in [-0.4, -0.2) is 19.7 Å². The third-order valence-corrected chi connectivity index (χ3v) is 4.61. The highest BCUT2D eigenvalue weighted by atomic mass is 32.1. The summed E-state index contributed by atoms with van der Waals surface area (Å²) in [5, 5.41) is 9.76. The van der Waals surface area contributed by atoms with E-state index in [0.717, 1.165) is 29.1 Å². The number of benzene rings is 1. The second kappa shape index (κ2) is 6.18. The first-order chi connectivity index (χ1) is 11.4. The lowest BCUT2D eigenvalue weighted by atomic mass is 10.1. The number of nitrogens with one attached hydrogen (secondary N) is 1. The van der Waals surface area contributed by atoms with Crippen molar-refractivity contribution in [2.75, 3.05) is 5.32 Å². The molecule has 0 aliphatic heterocycles. The van der Waals surface area contributed by atoms with Crippen LogP contribution in [0.3, 0.4) is 0 Å². The zero-order valence-electron chi connectivity index (χ0n) is 12.4. The normalized spacial score (nSPS) is 11.0. The molecule has 0 saturated heterocycles. The highest BCUT2D eigenvalue weighted by Crippen LogP contribution is 2.25. The molecule has 1 aromatic carbocycles. The lowest BCUT2D eigenvalue weighted by molar-refractivity contribution is 0.682. The van der Waals surface area contributed by atoms with Crippen LogP contribution < -0.4 is 5.32 Å². The third-order valence-electron chi connectivity index (χ3n) is 3.70. The number of thiophene rings is 1. The fourth-order valence-corrected chi connectivity index (χ4v) is 3.36. The van der Waals surface area contributed by atoms with Gasteiger partial charge in [0.15, 0.2) is 0 Å². The van der Waals surface area contributed by atoms with Crippen molar-refractivity contribution in [3.8, 4) is 0 Å². The van der Waals surface area contributed by atoms with Crippen LogP contribution >= 0.6 is 11.3 Å². The van der Waals surface area contributed by atoms with Crippen LogP contribution in [0.4, 0.5) is 5.82 Å². The number of nitrogens with zero attached hydrogens (tertiary/aromatic N) is 4. The van der Waals surface area contributed by atoms with Gasteiger partial charge in [0.2, 0.25) is 0 Å². The molecule has 0 spiro atoms. The standard InChI is InChI=1S/C17H15N5S/c1-2-5-14(11-22-8-3-7-21-22)13(4-1)10-18-17-16-15(6-9-23-16)19-12-20-17/h1-9,12H,10-11H2,(H,18,19,20). The molecule has 0 bridgehead atoms. The van der Waals surface area contributed by atoms with Crippen LogP contribution in [0.25, 0.3) is 10.2 Å². The van der Waals surface area contributed by atoms with Gasteiger partial charge in [0.25, 0.3) is 0 Å². The van der Waals surface area contributed by atoms with Gasteiger partial charge in [0.05, 0.1) is 16.8 Å². The van der Waals surface area contributed by atoms with Crippen molar-refractivity contribution < 1.29 is 0 Å². The first-order valence-electron chi connectivity index (χ1n) is 7.36. The van der Waals surface area contributed by atoms with Crippen molar-refractivity contribution in [2.45, 2.75) is 13.1 Å². The summed E-state index contributed by atoms with van der Waals surface area (Å²) in [5.74, 6) is 0.888. The molecule has 3 aromatic heterocycles. The maximum atomic E-state index is 4.37. The first kappa shape index (κ1) is 13.9. The lowest BCUT2D eigenvalue weighted by Crippen LogP contribution is -2.08. The summed E-state index contributed by atoms with van der Waals surface area (Å²) in [7, 11) is 0. The van der Waals surface area contributed by atoms with Gasteiger partial charge in [-0.3, -0.25) is 4.68 Å². The molecule has 114 valence electrons. The van der Waals surface area contributed by atoms with Crippen molar-refractivity contribution in [1.29, 1.82) is 0 Å². The minimum Gasteiger partial charge on any atom is -0.365 e. The summed E-state index contributed by atoms with van der Waals surface area (Å²) in [6.45, 7) is 1.49. The van der Waals surface area contributed by atoms with E-state index in [-0.39, 0.29) is 0 Å². The Morgan fingerprint density at radius 2 is 1.96 bits per heavy atom. The highest BCUT2D eigenvalue weighted by Gasteiger charge is 2.07. The second-order valence-electron chi connectivity index (χ2n) is 5.18. The van der Waals surface area contributed by atoms with Crippen molar-refractivity contribution in [3.05, 3.63) is 71.6 Å². The largest absolute Gasteiger partial charge is 0.365 e. The van der Waals surface area contributed by atoms with Gasteiger partial charge < -0.3 is 5.32 Å². The number of rotatable bonds is 5.